The summed E-state index contributed by atoms with van der Waals surface area (Å²) in [6.45, 7) is 6.90. The van der Waals surface area contributed by atoms with Gasteiger partial charge >= 0.3 is 0 Å². The highest BCUT2D eigenvalue weighted by molar-refractivity contribution is 7.92. The summed E-state index contributed by atoms with van der Waals surface area (Å²) in [6, 6.07) is 11.6. The minimum atomic E-state index is -3.40. The SMILES string of the molecule is CC(C)S(=O)(=O)c1ccc([C@@H]2[C@H](C)C(C(=O)NN3CCCCC3)=NN2c2ccc(Cl)cc2Cl)cc1. The zero-order valence-corrected chi connectivity index (χ0v) is 22.4. The van der Waals surface area contributed by atoms with E-state index in [0.717, 1.165) is 37.9 Å². The number of hydrogen-bond donors (Lipinski definition) is 1. The van der Waals surface area contributed by atoms with Crippen molar-refractivity contribution in [2.24, 2.45) is 11.0 Å². The lowest BCUT2D eigenvalue weighted by Crippen LogP contribution is -2.48. The summed E-state index contributed by atoms with van der Waals surface area (Å²) in [6.07, 6.45) is 3.25. The van der Waals surface area contributed by atoms with Crippen molar-refractivity contribution < 1.29 is 13.2 Å². The lowest BCUT2D eigenvalue weighted by atomic mass is 9.91. The van der Waals surface area contributed by atoms with Gasteiger partial charge in [0, 0.05) is 24.0 Å². The molecule has 0 saturated carbocycles. The normalized spacial score (nSPS) is 21.3. The average molecular weight is 538 g/mol. The van der Waals surface area contributed by atoms with Gasteiger partial charge in [-0.25, -0.2) is 13.4 Å². The highest BCUT2D eigenvalue weighted by Crippen LogP contribution is 2.42. The number of hydrogen-bond acceptors (Lipinski definition) is 6. The Kier molecular flexibility index (Phi) is 7.76. The van der Waals surface area contributed by atoms with E-state index in [9.17, 15) is 13.2 Å². The number of hydrazone groups is 1. The Morgan fingerprint density at radius 2 is 1.71 bits per heavy atom. The van der Waals surface area contributed by atoms with E-state index in [2.05, 4.69) is 5.43 Å². The van der Waals surface area contributed by atoms with E-state index in [1.54, 1.807) is 61.3 Å². The zero-order valence-electron chi connectivity index (χ0n) is 20.0. The summed E-state index contributed by atoms with van der Waals surface area (Å²) in [5.74, 6) is -0.518. The van der Waals surface area contributed by atoms with Gasteiger partial charge in [-0.2, -0.15) is 5.10 Å². The van der Waals surface area contributed by atoms with Crippen LogP contribution in [0.4, 0.5) is 5.69 Å². The van der Waals surface area contributed by atoms with Gasteiger partial charge in [0.2, 0.25) is 0 Å². The van der Waals surface area contributed by atoms with Crippen molar-refractivity contribution in [1.82, 2.24) is 10.4 Å². The molecule has 1 amide bonds. The van der Waals surface area contributed by atoms with Crippen LogP contribution in [0.3, 0.4) is 0 Å². The number of sulfone groups is 1. The van der Waals surface area contributed by atoms with Gasteiger partial charge in [0.05, 0.1) is 26.9 Å². The standard InChI is InChI=1S/C25H30Cl2N4O3S/c1-16(2)35(33,34)20-10-7-18(8-11-20)24-17(3)23(25(32)29-30-13-5-4-6-14-30)28-31(24)22-12-9-19(26)15-21(22)27/h7-12,15-17,24H,4-6,13-14H2,1-3H3,(H,29,32)/t17-,24+/m1/s1. The van der Waals surface area contributed by atoms with Crippen LogP contribution in [0, 0.1) is 5.92 Å². The number of piperidine rings is 1. The van der Waals surface area contributed by atoms with E-state index in [0.29, 0.717) is 21.4 Å². The Morgan fingerprint density at radius 1 is 1.06 bits per heavy atom. The summed E-state index contributed by atoms with van der Waals surface area (Å²) in [5, 5.41) is 8.79. The van der Waals surface area contributed by atoms with Gasteiger partial charge in [-0.15, -0.1) is 0 Å². The third-order valence-corrected chi connectivity index (χ3v) is 9.27. The monoisotopic (exact) mass is 536 g/mol. The predicted molar refractivity (Wildman–Crippen MR) is 141 cm³/mol. The van der Waals surface area contributed by atoms with Crippen LogP contribution < -0.4 is 10.4 Å². The zero-order chi connectivity index (χ0) is 25.3. The van der Waals surface area contributed by atoms with Crippen LogP contribution in [-0.4, -0.2) is 43.4 Å². The molecule has 0 aromatic heterocycles. The lowest BCUT2D eigenvalue weighted by molar-refractivity contribution is -0.120. The molecule has 1 saturated heterocycles. The molecule has 0 unspecified atom stereocenters. The fourth-order valence-corrected chi connectivity index (χ4v) is 6.07. The molecule has 188 valence electrons. The maximum absolute atomic E-state index is 13.2. The highest BCUT2D eigenvalue weighted by atomic mass is 35.5. The topological polar surface area (TPSA) is 82.1 Å². The van der Waals surface area contributed by atoms with E-state index in [1.807, 2.05) is 11.9 Å². The Balaban J connectivity index is 1.69. The van der Waals surface area contributed by atoms with E-state index < -0.39 is 15.1 Å². The van der Waals surface area contributed by atoms with Crippen molar-refractivity contribution in [2.75, 3.05) is 18.1 Å². The number of hydrazine groups is 1. The van der Waals surface area contributed by atoms with Gasteiger partial charge in [0.1, 0.15) is 5.71 Å². The van der Waals surface area contributed by atoms with Crippen molar-refractivity contribution in [3.05, 3.63) is 58.1 Å². The van der Waals surface area contributed by atoms with Crippen molar-refractivity contribution in [3.8, 4) is 0 Å². The van der Waals surface area contributed by atoms with Crippen molar-refractivity contribution >= 4 is 50.3 Å². The van der Waals surface area contributed by atoms with Crippen LogP contribution in [0.15, 0.2) is 52.5 Å². The first-order chi connectivity index (χ1) is 16.6. The number of anilines is 1. The minimum absolute atomic E-state index is 0.240. The lowest BCUT2D eigenvalue weighted by Gasteiger charge is -2.28. The smallest absolute Gasteiger partial charge is 0.282 e. The molecule has 2 aliphatic rings. The van der Waals surface area contributed by atoms with E-state index in [1.165, 1.54) is 0 Å². The van der Waals surface area contributed by atoms with E-state index in [-0.39, 0.29) is 22.8 Å². The third-order valence-electron chi connectivity index (χ3n) is 6.56. The summed E-state index contributed by atoms with van der Waals surface area (Å²) >= 11 is 12.6. The highest BCUT2D eigenvalue weighted by Gasteiger charge is 2.40. The van der Waals surface area contributed by atoms with Crippen LogP contribution in [0.25, 0.3) is 0 Å². The number of nitrogens with zero attached hydrogens (tertiary/aromatic N) is 3. The van der Waals surface area contributed by atoms with E-state index in [4.69, 9.17) is 28.3 Å². The van der Waals surface area contributed by atoms with Crippen molar-refractivity contribution in [2.45, 2.75) is 56.2 Å². The number of halogens is 2. The molecule has 2 atom stereocenters. The number of rotatable bonds is 6. The first-order valence-corrected chi connectivity index (χ1v) is 14.1. The van der Waals surface area contributed by atoms with Crippen LogP contribution in [-0.2, 0) is 14.6 Å². The van der Waals surface area contributed by atoms with Crippen LogP contribution in [0.2, 0.25) is 10.0 Å². The number of carbonyl (C=O) groups excluding carboxylic acids is 1. The molecule has 2 aromatic carbocycles. The maximum Gasteiger partial charge on any atom is 0.282 e. The molecule has 2 aromatic rings. The Labute approximate surface area is 217 Å². The molecule has 1 N–H and O–H groups in total. The fourth-order valence-electron chi connectivity index (χ4n) is 4.52. The Hall–Kier alpha value is -2.13. The molecule has 2 aliphatic heterocycles. The average Bonchev–Trinajstić information content (AvgIpc) is 3.16. The molecular weight excluding hydrogens is 507 g/mol. The van der Waals surface area contributed by atoms with Crippen LogP contribution >= 0.6 is 23.2 Å². The fraction of sp³-hybridized carbons (Fsp3) is 0.440. The summed E-state index contributed by atoms with van der Waals surface area (Å²) in [7, 11) is -3.40. The Morgan fingerprint density at radius 3 is 2.31 bits per heavy atom. The third kappa shape index (κ3) is 5.35. The molecule has 35 heavy (non-hydrogen) atoms. The van der Waals surface area contributed by atoms with E-state index >= 15 is 0 Å². The van der Waals surface area contributed by atoms with Gasteiger partial charge in [0.25, 0.3) is 5.91 Å². The molecule has 2 heterocycles. The van der Waals surface area contributed by atoms with Gasteiger partial charge in [-0.05, 0) is 62.6 Å². The second kappa shape index (κ2) is 10.5. The molecule has 0 spiro atoms. The second-order valence-electron chi connectivity index (χ2n) is 9.31. The maximum atomic E-state index is 13.2. The van der Waals surface area contributed by atoms with Crippen molar-refractivity contribution in [1.29, 1.82) is 0 Å². The van der Waals surface area contributed by atoms with Gasteiger partial charge in [0.15, 0.2) is 9.84 Å². The molecule has 0 aliphatic carbocycles. The summed E-state index contributed by atoms with van der Waals surface area (Å²) < 4.78 is 25.2. The largest absolute Gasteiger partial charge is 0.284 e. The van der Waals surface area contributed by atoms with Crippen LogP contribution in [0.5, 0.6) is 0 Å². The molecule has 4 rings (SSSR count). The first-order valence-electron chi connectivity index (χ1n) is 11.8. The number of benzene rings is 2. The summed E-state index contributed by atoms with van der Waals surface area (Å²) in [4.78, 5) is 13.5. The minimum Gasteiger partial charge on any atom is -0.284 e. The summed E-state index contributed by atoms with van der Waals surface area (Å²) in [5.41, 5.74) is 4.85. The molecule has 1 fully saturated rings. The number of carbonyl (C=O) groups is 1. The molecule has 10 heteroatoms. The molecular formula is C25H30Cl2N4O3S. The quantitative estimate of drug-likeness (QED) is 0.545. The van der Waals surface area contributed by atoms with Gasteiger partial charge in [-0.1, -0.05) is 48.7 Å². The van der Waals surface area contributed by atoms with Gasteiger partial charge in [-0.3, -0.25) is 15.2 Å². The second-order valence-corrected chi connectivity index (χ2v) is 12.7. The van der Waals surface area contributed by atoms with Crippen LogP contribution in [0.1, 0.15) is 51.6 Å². The van der Waals surface area contributed by atoms with Gasteiger partial charge < -0.3 is 0 Å². The first kappa shape index (κ1) is 25.9. The number of nitrogens with one attached hydrogen (secondary N) is 1. The van der Waals surface area contributed by atoms with Crippen molar-refractivity contribution in [3.63, 3.8) is 0 Å². The molecule has 0 radical (unpaired) electrons. The Bertz CT molecular complexity index is 1230. The number of amides is 1. The predicted octanol–water partition coefficient (Wildman–Crippen LogP) is 5.25. The molecule has 0 bridgehead atoms. The molecule has 7 nitrogen and oxygen atoms in total.